The van der Waals surface area contributed by atoms with Gasteiger partial charge in [0.2, 0.25) is 0 Å². The van der Waals surface area contributed by atoms with Crippen molar-refractivity contribution in [2.24, 2.45) is 0 Å². The van der Waals surface area contributed by atoms with Crippen molar-refractivity contribution in [3.63, 3.8) is 0 Å². The van der Waals surface area contributed by atoms with Gasteiger partial charge in [0.05, 0.1) is 6.61 Å². The van der Waals surface area contributed by atoms with Crippen LogP contribution in [0.25, 0.3) is 0 Å². The number of aromatic amines is 1. The molecule has 0 aliphatic carbocycles. The molecular weight excluding hydrogens is 428 g/mol. The third kappa shape index (κ3) is 6.68. The molecule has 0 atom stereocenters. The number of aromatic nitrogens is 2. The summed E-state index contributed by atoms with van der Waals surface area (Å²) in [4.78, 5) is 13.9. The highest BCUT2D eigenvalue weighted by atomic mass is 16.5. The molecule has 2 aromatic carbocycles. The van der Waals surface area contributed by atoms with Crippen LogP contribution in [-0.4, -0.2) is 65.5 Å². The fraction of sp³-hybridized carbons (Fsp3) is 0.407. The average molecular weight is 463 g/mol. The van der Waals surface area contributed by atoms with Crippen LogP contribution in [0.1, 0.15) is 51.3 Å². The van der Waals surface area contributed by atoms with E-state index in [0.29, 0.717) is 6.42 Å². The second-order valence-electron chi connectivity index (χ2n) is 8.94. The number of aryl methyl sites for hydroxylation is 1. The average Bonchev–Trinajstić information content (AvgIpc) is 3.22. The molecule has 0 amide bonds. The first-order chi connectivity index (χ1) is 16.6. The number of unbranched alkanes of at least 4 members (excludes halogenated alkanes) is 1. The number of benzene rings is 2. The van der Waals surface area contributed by atoms with Gasteiger partial charge < -0.3 is 20.1 Å². The number of nitrogens with zero attached hydrogens (tertiary/aromatic N) is 2. The molecule has 0 radical (unpaired) electrons. The Morgan fingerprint density at radius 2 is 1.59 bits per heavy atom. The molecule has 3 aromatic rings. The van der Waals surface area contributed by atoms with E-state index in [1.807, 2.05) is 6.92 Å². The number of aromatic carboxylic acids is 1. The molecule has 0 spiro atoms. The van der Waals surface area contributed by atoms with E-state index in [0.717, 1.165) is 74.7 Å². The van der Waals surface area contributed by atoms with Gasteiger partial charge in [-0.2, -0.15) is 5.10 Å². The van der Waals surface area contributed by atoms with E-state index in [-0.39, 0.29) is 5.69 Å². The molecule has 1 saturated heterocycles. The topological polar surface area (TPSA) is 90.5 Å². The van der Waals surface area contributed by atoms with Crippen LogP contribution in [-0.2, 0) is 12.8 Å². The zero-order valence-electron chi connectivity index (χ0n) is 19.8. The first-order valence-corrected chi connectivity index (χ1v) is 12.1. The largest absolute Gasteiger partial charge is 0.494 e. The van der Waals surface area contributed by atoms with Crippen LogP contribution in [0.5, 0.6) is 5.75 Å². The Bertz CT molecular complexity index is 1050. The monoisotopic (exact) mass is 462 g/mol. The Kier molecular flexibility index (Phi) is 8.33. The maximum absolute atomic E-state index is 11.4. The molecule has 1 aromatic heterocycles. The molecular formula is C27H34N4O3. The lowest BCUT2D eigenvalue weighted by atomic mass is 9.99. The van der Waals surface area contributed by atoms with Gasteiger partial charge in [-0.3, -0.25) is 5.10 Å². The zero-order valence-corrected chi connectivity index (χ0v) is 19.8. The first kappa shape index (κ1) is 24.0. The molecule has 1 aliphatic rings. The van der Waals surface area contributed by atoms with Gasteiger partial charge in [-0.05, 0) is 61.6 Å². The Balaban J connectivity index is 1.22. The van der Waals surface area contributed by atoms with Crippen molar-refractivity contribution >= 4 is 5.97 Å². The number of carboxylic acid groups (broad SMARTS) is 1. The third-order valence-corrected chi connectivity index (χ3v) is 6.36. The van der Waals surface area contributed by atoms with Gasteiger partial charge in [0, 0.05) is 43.9 Å². The number of nitrogens with one attached hydrogen (secondary N) is 2. The van der Waals surface area contributed by atoms with Gasteiger partial charge in [-0.1, -0.05) is 36.4 Å². The number of piperazine rings is 1. The molecule has 1 fully saturated rings. The highest BCUT2D eigenvalue weighted by molar-refractivity contribution is 5.87. The predicted molar refractivity (Wildman–Crippen MR) is 133 cm³/mol. The summed E-state index contributed by atoms with van der Waals surface area (Å²) >= 11 is 0. The maximum atomic E-state index is 11.4. The Labute approximate surface area is 201 Å². The molecule has 180 valence electrons. The number of rotatable bonds is 11. The van der Waals surface area contributed by atoms with Gasteiger partial charge in [0.15, 0.2) is 5.69 Å². The molecule has 4 rings (SSSR count). The fourth-order valence-electron chi connectivity index (χ4n) is 4.33. The summed E-state index contributed by atoms with van der Waals surface area (Å²) in [7, 11) is 0. The van der Waals surface area contributed by atoms with Crippen LogP contribution in [0.15, 0.2) is 48.5 Å². The van der Waals surface area contributed by atoms with Gasteiger partial charge >= 0.3 is 5.97 Å². The van der Waals surface area contributed by atoms with Crippen molar-refractivity contribution in [3.05, 3.63) is 82.2 Å². The van der Waals surface area contributed by atoms with E-state index in [1.54, 1.807) is 0 Å². The van der Waals surface area contributed by atoms with Gasteiger partial charge in [-0.15, -0.1) is 0 Å². The highest BCUT2D eigenvalue weighted by Gasteiger charge is 2.16. The number of hydrogen-bond donors (Lipinski definition) is 3. The van der Waals surface area contributed by atoms with E-state index >= 15 is 0 Å². The van der Waals surface area contributed by atoms with Crippen LogP contribution in [0.3, 0.4) is 0 Å². The number of H-pyrrole nitrogens is 1. The standard InChI is InChI=1S/C27H34N4O3/c1-20-25(26(27(32)33)30-29-20)19-23-6-4-21(5-7-23)18-22-8-10-24(11-9-22)34-17-3-2-14-31-15-12-28-13-16-31/h4-11,28H,2-3,12-19H2,1H3,(H,29,30)(H,32,33). The molecule has 34 heavy (non-hydrogen) atoms. The van der Waals surface area contributed by atoms with Crippen molar-refractivity contribution in [3.8, 4) is 5.75 Å². The van der Waals surface area contributed by atoms with Crippen molar-refractivity contribution in [2.75, 3.05) is 39.3 Å². The Morgan fingerprint density at radius 3 is 2.24 bits per heavy atom. The normalized spacial score (nSPS) is 14.3. The highest BCUT2D eigenvalue weighted by Crippen LogP contribution is 2.19. The number of carboxylic acids is 1. The summed E-state index contributed by atoms with van der Waals surface area (Å²) in [6.07, 6.45) is 3.64. The number of ether oxygens (including phenoxy) is 1. The summed E-state index contributed by atoms with van der Waals surface area (Å²) in [5.41, 5.74) is 5.15. The van der Waals surface area contributed by atoms with E-state index in [9.17, 15) is 9.90 Å². The second kappa shape index (κ2) is 11.8. The zero-order chi connectivity index (χ0) is 23.8. The van der Waals surface area contributed by atoms with Gasteiger partial charge in [-0.25, -0.2) is 4.79 Å². The lowest BCUT2D eigenvalue weighted by molar-refractivity contribution is 0.0689. The lowest BCUT2D eigenvalue weighted by Gasteiger charge is -2.26. The molecule has 2 heterocycles. The van der Waals surface area contributed by atoms with Crippen molar-refractivity contribution < 1.29 is 14.6 Å². The molecule has 7 heteroatoms. The molecule has 7 nitrogen and oxygen atoms in total. The molecule has 0 saturated carbocycles. The second-order valence-corrected chi connectivity index (χ2v) is 8.94. The maximum Gasteiger partial charge on any atom is 0.356 e. The molecule has 0 bridgehead atoms. The summed E-state index contributed by atoms with van der Waals surface area (Å²) < 4.78 is 5.92. The minimum absolute atomic E-state index is 0.100. The number of carbonyl (C=O) groups is 1. The molecule has 3 N–H and O–H groups in total. The van der Waals surface area contributed by atoms with E-state index in [4.69, 9.17) is 4.74 Å². The summed E-state index contributed by atoms with van der Waals surface area (Å²) in [5, 5.41) is 19.4. The third-order valence-electron chi connectivity index (χ3n) is 6.36. The smallest absolute Gasteiger partial charge is 0.356 e. The van der Waals surface area contributed by atoms with Crippen molar-refractivity contribution in [2.45, 2.75) is 32.6 Å². The summed E-state index contributed by atoms with van der Waals surface area (Å²) in [5.74, 6) is -0.0791. The Morgan fingerprint density at radius 1 is 0.971 bits per heavy atom. The van der Waals surface area contributed by atoms with Crippen molar-refractivity contribution in [1.29, 1.82) is 0 Å². The van der Waals surface area contributed by atoms with Crippen molar-refractivity contribution in [1.82, 2.24) is 20.4 Å². The minimum Gasteiger partial charge on any atom is -0.494 e. The van der Waals surface area contributed by atoms with Gasteiger partial charge in [0.1, 0.15) is 5.75 Å². The van der Waals surface area contributed by atoms with E-state index in [1.165, 1.54) is 17.5 Å². The van der Waals surface area contributed by atoms with E-state index < -0.39 is 5.97 Å². The summed E-state index contributed by atoms with van der Waals surface area (Å²) in [6, 6.07) is 16.7. The predicted octanol–water partition coefficient (Wildman–Crippen LogP) is 3.66. The van der Waals surface area contributed by atoms with Crippen LogP contribution in [0, 0.1) is 6.92 Å². The van der Waals surface area contributed by atoms with Crippen LogP contribution >= 0.6 is 0 Å². The van der Waals surface area contributed by atoms with Crippen LogP contribution in [0.4, 0.5) is 0 Å². The van der Waals surface area contributed by atoms with Crippen LogP contribution in [0.2, 0.25) is 0 Å². The first-order valence-electron chi connectivity index (χ1n) is 12.1. The lowest BCUT2D eigenvalue weighted by Crippen LogP contribution is -2.43. The quantitative estimate of drug-likeness (QED) is 0.377. The SMILES string of the molecule is Cc1[nH]nc(C(=O)O)c1Cc1ccc(Cc2ccc(OCCCCN3CCNCC3)cc2)cc1. The van der Waals surface area contributed by atoms with Gasteiger partial charge in [0.25, 0.3) is 0 Å². The van der Waals surface area contributed by atoms with E-state index in [2.05, 4.69) is 68.9 Å². The number of hydrogen-bond acceptors (Lipinski definition) is 5. The molecule has 0 unspecified atom stereocenters. The molecule has 1 aliphatic heterocycles. The fourth-order valence-corrected chi connectivity index (χ4v) is 4.33. The summed E-state index contributed by atoms with van der Waals surface area (Å²) in [6.45, 7) is 8.28. The minimum atomic E-state index is -1.00. The Hall–Kier alpha value is -3.16. The van der Waals surface area contributed by atoms with Crippen LogP contribution < -0.4 is 10.1 Å².